The Balaban J connectivity index is 1.83. The van der Waals surface area contributed by atoms with Crippen LogP contribution in [0.3, 0.4) is 0 Å². The minimum absolute atomic E-state index is 0.0284. The first kappa shape index (κ1) is 19.0. The van der Waals surface area contributed by atoms with Gasteiger partial charge in [-0.15, -0.1) is 17.8 Å². The van der Waals surface area contributed by atoms with Crippen LogP contribution in [0.1, 0.15) is 5.69 Å². The van der Waals surface area contributed by atoms with E-state index < -0.39 is 10.2 Å². The van der Waals surface area contributed by atoms with Gasteiger partial charge in [0.25, 0.3) is 0 Å². The highest BCUT2D eigenvalue weighted by Gasteiger charge is 2.27. The first-order valence-corrected chi connectivity index (χ1v) is 10.4. The Hall–Kier alpha value is -2.30. The van der Waals surface area contributed by atoms with Crippen molar-refractivity contribution in [1.29, 1.82) is 0 Å². The summed E-state index contributed by atoms with van der Waals surface area (Å²) in [6.45, 7) is 0.472. The second kappa shape index (κ2) is 8.70. The van der Waals surface area contributed by atoms with E-state index in [9.17, 15) is 8.42 Å². The summed E-state index contributed by atoms with van der Waals surface area (Å²) in [5.41, 5.74) is 11.5. The van der Waals surface area contributed by atoms with Crippen molar-refractivity contribution < 1.29 is 8.42 Å². The van der Waals surface area contributed by atoms with Gasteiger partial charge in [0.15, 0.2) is 17.6 Å². The molecular weight excluding hydrogens is 384 g/mol. The summed E-state index contributed by atoms with van der Waals surface area (Å²) in [5.74, 6) is 3.92. The van der Waals surface area contributed by atoms with Gasteiger partial charge in [0.2, 0.25) is 5.13 Å². The number of nitrogens with zero attached hydrogens (tertiary/aromatic N) is 4. The molecule has 6 N–H and O–H groups in total. The SMILES string of the molecule is C#CCN=C1NS(=O)(=O)NC1=NCCSCc1csc(N=C(N)N)n1. The average molecular weight is 401 g/mol. The van der Waals surface area contributed by atoms with Crippen LogP contribution in [0.15, 0.2) is 20.4 Å². The number of hydrogen-bond acceptors (Lipinski definition) is 8. The van der Waals surface area contributed by atoms with Crippen molar-refractivity contribution in [1.82, 2.24) is 14.4 Å². The van der Waals surface area contributed by atoms with E-state index in [-0.39, 0.29) is 24.2 Å². The molecule has 1 fully saturated rings. The maximum Gasteiger partial charge on any atom is 0.324 e. The zero-order valence-electron chi connectivity index (χ0n) is 13.0. The van der Waals surface area contributed by atoms with Gasteiger partial charge in [0.1, 0.15) is 6.54 Å². The van der Waals surface area contributed by atoms with Crippen LogP contribution in [-0.4, -0.2) is 49.9 Å². The second-order valence-corrected chi connectivity index (χ2v) is 7.87. The molecule has 1 aliphatic heterocycles. The Labute approximate surface area is 153 Å². The normalized spacial score (nSPS) is 18.5. The van der Waals surface area contributed by atoms with Crippen LogP contribution >= 0.6 is 23.1 Å². The van der Waals surface area contributed by atoms with E-state index in [1.165, 1.54) is 11.3 Å². The molecule has 0 aromatic carbocycles. The van der Waals surface area contributed by atoms with Gasteiger partial charge in [-0.1, -0.05) is 5.92 Å². The summed E-state index contributed by atoms with van der Waals surface area (Å²) < 4.78 is 27.5. The van der Waals surface area contributed by atoms with E-state index in [0.717, 1.165) is 5.69 Å². The third-order valence-corrected chi connectivity index (χ3v) is 5.21. The predicted octanol–water partition coefficient (Wildman–Crippen LogP) is -0.851. The molecule has 2 heterocycles. The van der Waals surface area contributed by atoms with Crippen LogP contribution in [0, 0.1) is 12.3 Å². The van der Waals surface area contributed by atoms with Crippen LogP contribution in [0.2, 0.25) is 0 Å². The summed E-state index contributed by atoms with van der Waals surface area (Å²) in [5, 5.41) is 2.39. The number of terminal acetylenes is 1. The number of hydrogen-bond donors (Lipinski definition) is 4. The van der Waals surface area contributed by atoms with Crippen molar-refractivity contribution in [2.75, 3.05) is 18.8 Å². The van der Waals surface area contributed by atoms with E-state index in [2.05, 4.69) is 35.3 Å². The Bertz CT molecular complexity index is 846. The second-order valence-electron chi connectivity index (χ2n) is 4.52. The molecule has 25 heavy (non-hydrogen) atoms. The number of nitrogens with two attached hydrogens (primary N) is 2. The molecule has 0 atom stereocenters. The lowest BCUT2D eigenvalue weighted by atomic mass is 10.5. The highest BCUT2D eigenvalue weighted by Crippen LogP contribution is 2.21. The number of thioether (sulfide) groups is 1. The zero-order chi connectivity index (χ0) is 18.3. The number of guanidine groups is 1. The van der Waals surface area contributed by atoms with Gasteiger partial charge in [0.05, 0.1) is 12.2 Å². The topological polar surface area (TPSA) is 160 Å². The monoisotopic (exact) mass is 400 g/mol. The van der Waals surface area contributed by atoms with Crippen molar-refractivity contribution in [3.8, 4) is 12.3 Å². The third kappa shape index (κ3) is 6.25. The molecule has 0 amide bonds. The van der Waals surface area contributed by atoms with Gasteiger partial charge in [-0.25, -0.2) is 14.4 Å². The summed E-state index contributed by atoms with van der Waals surface area (Å²) in [7, 11) is -3.65. The molecule has 1 aromatic heterocycles. The Kier molecular flexibility index (Phi) is 6.62. The third-order valence-electron chi connectivity index (χ3n) is 2.53. The van der Waals surface area contributed by atoms with Gasteiger partial charge < -0.3 is 11.5 Å². The van der Waals surface area contributed by atoms with Crippen LogP contribution in [0.4, 0.5) is 5.13 Å². The first-order chi connectivity index (χ1) is 11.9. The highest BCUT2D eigenvalue weighted by molar-refractivity contribution is 7.98. The molecule has 10 nitrogen and oxygen atoms in total. The van der Waals surface area contributed by atoms with Crippen LogP contribution in [0.5, 0.6) is 0 Å². The molecule has 0 aliphatic carbocycles. The lowest BCUT2D eigenvalue weighted by Gasteiger charge is -1.98. The molecule has 1 aliphatic rings. The molecule has 1 saturated heterocycles. The maximum atomic E-state index is 11.5. The van der Waals surface area contributed by atoms with Crippen molar-refractivity contribution >= 4 is 56.1 Å². The van der Waals surface area contributed by atoms with E-state index in [4.69, 9.17) is 17.9 Å². The maximum absolute atomic E-state index is 11.5. The van der Waals surface area contributed by atoms with Gasteiger partial charge >= 0.3 is 10.2 Å². The highest BCUT2D eigenvalue weighted by atomic mass is 32.2. The zero-order valence-corrected chi connectivity index (χ0v) is 15.4. The van der Waals surface area contributed by atoms with Crippen LogP contribution in [-0.2, 0) is 16.0 Å². The molecular formula is C12H16N8O2S3. The Morgan fingerprint density at radius 1 is 1.36 bits per heavy atom. The predicted molar refractivity (Wildman–Crippen MR) is 102 cm³/mol. The van der Waals surface area contributed by atoms with Crippen LogP contribution in [0.25, 0.3) is 0 Å². The van der Waals surface area contributed by atoms with Gasteiger partial charge in [0, 0.05) is 16.9 Å². The van der Waals surface area contributed by atoms with Crippen molar-refractivity contribution in [3.63, 3.8) is 0 Å². The van der Waals surface area contributed by atoms with E-state index in [1.807, 2.05) is 5.38 Å². The van der Waals surface area contributed by atoms with Crippen LogP contribution < -0.4 is 20.9 Å². The standard InChI is InChI=1S/C12H16N8O2S3/c1-2-3-15-9-10(20-25(21,22)19-9)16-4-5-23-6-8-7-24-12(17-8)18-11(13)14/h1,7H,3-6H2,(H,15,19)(H,16,20)(H4,13,14,17,18). The summed E-state index contributed by atoms with van der Waals surface area (Å²) in [6.07, 6.45) is 5.12. The van der Waals surface area contributed by atoms with Crippen molar-refractivity contribution in [3.05, 3.63) is 11.1 Å². The molecule has 0 radical (unpaired) electrons. The lowest BCUT2D eigenvalue weighted by Crippen LogP contribution is -2.24. The lowest BCUT2D eigenvalue weighted by molar-refractivity contribution is 0.591. The fourth-order valence-electron chi connectivity index (χ4n) is 1.64. The molecule has 0 saturated carbocycles. The van der Waals surface area contributed by atoms with E-state index in [0.29, 0.717) is 23.2 Å². The fourth-order valence-corrected chi connectivity index (χ4v) is 4.05. The van der Waals surface area contributed by atoms with Gasteiger partial charge in [-0.2, -0.15) is 25.2 Å². The summed E-state index contributed by atoms with van der Waals surface area (Å²) in [4.78, 5) is 16.3. The number of thiazole rings is 1. The molecule has 0 unspecified atom stereocenters. The average Bonchev–Trinajstić information content (AvgIpc) is 3.08. The minimum atomic E-state index is -3.65. The quantitative estimate of drug-likeness (QED) is 0.202. The molecule has 13 heteroatoms. The Morgan fingerprint density at radius 2 is 2.08 bits per heavy atom. The molecule has 0 bridgehead atoms. The first-order valence-electron chi connectivity index (χ1n) is 6.84. The fraction of sp³-hybridized carbons (Fsp3) is 0.333. The number of amidine groups is 2. The minimum Gasteiger partial charge on any atom is -0.370 e. The number of aromatic nitrogens is 1. The van der Waals surface area contributed by atoms with Crippen molar-refractivity contribution in [2.45, 2.75) is 5.75 Å². The smallest absolute Gasteiger partial charge is 0.324 e. The number of aliphatic imine (C=N–C) groups is 3. The number of rotatable bonds is 7. The van der Waals surface area contributed by atoms with Gasteiger partial charge in [-0.3, -0.25) is 9.98 Å². The Morgan fingerprint density at radius 3 is 2.76 bits per heavy atom. The van der Waals surface area contributed by atoms with Gasteiger partial charge in [-0.05, 0) is 0 Å². The summed E-state index contributed by atoms with van der Waals surface area (Å²) >= 11 is 2.95. The van der Waals surface area contributed by atoms with Crippen molar-refractivity contribution in [2.24, 2.45) is 26.4 Å². The molecule has 134 valence electrons. The summed E-state index contributed by atoms with van der Waals surface area (Å²) in [6, 6.07) is 0. The van der Waals surface area contributed by atoms with E-state index in [1.54, 1.807) is 11.8 Å². The molecule has 2 rings (SSSR count). The largest absolute Gasteiger partial charge is 0.370 e. The van der Waals surface area contributed by atoms with E-state index >= 15 is 0 Å². The molecule has 1 aromatic rings. The molecule has 0 spiro atoms. The number of nitrogens with one attached hydrogen (secondary N) is 2.